The molecule has 21 heavy (non-hydrogen) atoms. The Bertz CT molecular complexity index is 660. The van der Waals surface area contributed by atoms with Crippen LogP contribution in [0.1, 0.15) is 0 Å². The van der Waals surface area contributed by atoms with Crippen LogP contribution < -0.4 is 15.4 Å². The van der Waals surface area contributed by atoms with Gasteiger partial charge in [0.05, 0.1) is 12.8 Å². The van der Waals surface area contributed by atoms with Crippen molar-refractivity contribution in [3.8, 4) is 5.75 Å². The number of carbonyl (C=O) groups is 2. The molecule has 0 aliphatic carbocycles. The van der Waals surface area contributed by atoms with Crippen LogP contribution >= 0.6 is 11.6 Å². The maximum absolute atomic E-state index is 11.7. The molecule has 0 spiro atoms. The van der Waals surface area contributed by atoms with Gasteiger partial charge in [-0.2, -0.15) is 4.36 Å². The summed E-state index contributed by atoms with van der Waals surface area (Å²) >= 11 is 5.83. The summed E-state index contributed by atoms with van der Waals surface area (Å²) < 4.78 is 19.8. The van der Waals surface area contributed by atoms with Crippen LogP contribution in [0.2, 0.25) is 5.02 Å². The number of hydrogen-bond donors (Lipinski definition) is 2. The average Bonchev–Trinajstić information content (AvgIpc) is 2.35. The normalized spacial score (nSPS) is 10.7. The molecule has 7 nitrogen and oxygen atoms in total. The molecule has 0 heterocycles. The zero-order valence-electron chi connectivity index (χ0n) is 11.8. The molecule has 0 fully saturated rings. The minimum absolute atomic E-state index is 0.354. The summed E-state index contributed by atoms with van der Waals surface area (Å²) in [6.07, 6.45) is 2.67. The van der Waals surface area contributed by atoms with Gasteiger partial charge in [0.15, 0.2) is 0 Å². The van der Waals surface area contributed by atoms with Gasteiger partial charge in [-0.15, -0.1) is 0 Å². The molecular formula is C12H16ClN3O4S. The number of methoxy groups -OCH3 is 1. The monoisotopic (exact) mass is 333 g/mol. The van der Waals surface area contributed by atoms with Crippen LogP contribution in [0.3, 0.4) is 0 Å². The van der Waals surface area contributed by atoms with Gasteiger partial charge in [0.25, 0.3) is 5.91 Å². The van der Waals surface area contributed by atoms with Crippen molar-refractivity contribution in [3.63, 3.8) is 0 Å². The van der Waals surface area contributed by atoms with Crippen molar-refractivity contribution in [3.05, 3.63) is 23.2 Å². The van der Waals surface area contributed by atoms with Crippen LogP contribution in [0.5, 0.6) is 5.75 Å². The lowest BCUT2D eigenvalue weighted by Gasteiger charge is -2.10. The van der Waals surface area contributed by atoms with Crippen LogP contribution in [0.15, 0.2) is 22.6 Å². The third-order valence-electron chi connectivity index (χ3n) is 2.13. The summed E-state index contributed by atoms with van der Waals surface area (Å²) in [5, 5.41) is 5.23. The highest BCUT2D eigenvalue weighted by Crippen LogP contribution is 2.27. The van der Waals surface area contributed by atoms with E-state index in [2.05, 4.69) is 15.0 Å². The van der Waals surface area contributed by atoms with Crippen molar-refractivity contribution in [1.82, 2.24) is 5.32 Å². The molecule has 0 aliphatic rings. The van der Waals surface area contributed by atoms with Crippen LogP contribution in [0, 0.1) is 0 Å². The molecule has 0 aromatic heterocycles. The summed E-state index contributed by atoms with van der Waals surface area (Å²) in [4.78, 5) is 23.0. The highest BCUT2D eigenvalue weighted by atomic mass is 35.5. The Morgan fingerprint density at radius 2 is 2.05 bits per heavy atom. The predicted molar refractivity (Wildman–Crippen MR) is 82.5 cm³/mol. The molecule has 1 rings (SSSR count). The Hall–Kier alpha value is -1.80. The zero-order valence-corrected chi connectivity index (χ0v) is 13.4. The average molecular weight is 334 g/mol. The first-order valence-electron chi connectivity index (χ1n) is 5.79. The fourth-order valence-corrected chi connectivity index (χ4v) is 2.10. The number of ether oxygens (including phenoxy) is 1. The molecule has 0 unspecified atom stereocenters. The molecule has 0 bridgehead atoms. The summed E-state index contributed by atoms with van der Waals surface area (Å²) in [5.41, 5.74) is 0.363. The lowest BCUT2D eigenvalue weighted by molar-refractivity contribution is -0.116. The SMILES string of the molecule is COc1ccc(Cl)cc1NC(=O)NCC(=O)N=S(C)(C)=O. The van der Waals surface area contributed by atoms with E-state index in [9.17, 15) is 13.8 Å². The number of carbonyl (C=O) groups excluding carboxylic acids is 2. The molecule has 3 amide bonds. The fraction of sp³-hybridized carbons (Fsp3) is 0.333. The summed E-state index contributed by atoms with van der Waals surface area (Å²) in [6.45, 7) is -0.354. The zero-order chi connectivity index (χ0) is 16.0. The number of rotatable bonds is 4. The maximum Gasteiger partial charge on any atom is 0.319 e. The standard InChI is InChI=1S/C12H16ClN3O4S/c1-20-10-5-4-8(13)6-9(10)15-12(18)14-7-11(17)16-21(2,3)19/h4-6H,7H2,1-3H3,(H2,14,15,18). The van der Waals surface area contributed by atoms with E-state index in [1.54, 1.807) is 12.1 Å². The Balaban J connectivity index is 2.65. The number of urea groups is 1. The Kier molecular flexibility index (Phi) is 5.98. The first-order valence-corrected chi connectivity index (χ1v) is 8.50. The van der Waals surface area contributed by atoms with Gasteiger partial charge in [0.1, 0.15) is 12.3 Å². The quantitative estimate of drug-likeness (QED) is 0.876. The largest absolute Gasteiger partial charge is 0.495 e. The number of nitrogens with zero attached hydrogens (tertiary/aromatic N) is 1. The molecule has 0 aliphatic heterocycles. The first kappa shape index (κ1) is 17.3. The molecule has 2 N–H and O–H groups in total. The number of nitrogens with one attached hydrogen (secondary N) is 2. The fourth-order valence-electron chi connectivity index (χ4n) is 1.38. The summed E-state index contributed by atoms with van der Waals surface area (Å²) in [5.74, 6) is -0.242. The van der Waals surface area contributed by atoms with E-state index >= 15 is 0 Å². The molecule has 0 atom stereocenters. The number of benzene rings is 1. The lowest BCUT2D eigenvalue weighted by Crippen LogP contribution is -2.33. The van der Waals surface area contributed by atoms with E-state index in [0.29, 0.717) is 16.5 Å². The van der Waals surface area contributed by atoms with Crippen LogP contribution in [0.25, 0.3) is 0 Å². The highest BCUT2D eigenvalue weighted by molar-refractivity contribution is 7.92. The van der Waals surface area contributed by atoms with Gasteiger partial charge in [-0.1, -0.05) is 11.6 Å². The number of halogens is 1. The van der Waals surface area contributed by atoms with Crippen LogP contribution in [-0.2, 0) is 14.5 Å². The van der Waals surface area contributed by atoms with E-state index in [0.717, 1.165) is 0 Å². The third-order valence-corrected chi connectivity index (χ3v) is 3.01. The Morgan fingerprint density at radius 1 is 1.38 bits per heavy atom. The molecule has 1 aromatic rings. The van der Waals surface area contributed by atoms with Gasteiger partial charge in [0.2, 0.25) is 0 Å². The molecule has 1 aromatic carbocycles. The maximum atomic E-state index is 11.7. The second-order valence-corrected chi connectivity index (χ2v) is 7.30. The lowest BCUT2D eigenvalue weighted by atomic mass is 10.3. The minimum atomic E-state index is -2.53. The Labute approximate surface area is 128 Å². The van der Waals surface area contributed by atoms with Crippen molar-refractivity contribution in [2.24, 2.45) is 4.36 Å². The summed E-state index contributed by atoms with van der Waals surface area (Å²) in [7, 11) is -1.08. The van der Waals surface area contributed by atoms with Gasteiger partial charge < -0.3 is 15.4 Å². The number of anilines is 1. The number of hydrogen-bond acceptors (Lipinski definition) is 4. The molecule has 0 radical (unpaired) electrons. The minimum Gasteiger partial charge on any atom is -0.495 e. The molecule has 9 heteroatoms. The van der Waals surface area contributed by atoms with Crippen molar-refractivity contribution in [2.45, 2.75) is 0 Å². The van der Waals surface area contributed by atoms with E-state index < -0.39 is 21.7 Å². The first-order chi connectivity index (χ1) is 9.71. The summed E-state index contributed by atoms with van der Waals surface area (Å²) in [6, 6.07) is 4.10. The van der Waals surface area contributed by atoms with Crippen LogP contribution in [-0.4, -0.2) is 42.3 Å². The van der Waals surface area contributed by atoms with E-state index in [1.165, 1.54) is 25.7 Å². The van der Waals surface area contributed by atoms with Gasteiger partial charge in [-0.05, 0) is 18.2 Å². The number of amides is 3. The predicted octanol–water partition coefficient (Wildman–Crippen LogP) is 1.72. The van der Waals surface area contributed by atoms with Crippen molar-refractivity contribution in [1.29, 1.82) is 0 Å². The second-order valence-electron chi connectivity index (χ2n) is 4.32. The van der Waals surface area contributed by atoms with E-state index in [1.807, 2.05) is 0 Å². The molecule has 0 saturated carbocycles. The third kappa shape index (κ3) is 6.46. The molecule has 116 valence electrons. The van der Waals surface area contributed by atoms with Crippen molar-refractivity contribution < 1.29 is 18.5 Å². The topological polar surface area (TPSA) is 96.9 Å². The van der Waals surface area contributed by atoms with Crippen molar-refractivity contribution >= 4 is 39.0 Å². The molecular weight excluding hydrogens is 318 g/mol. The second kappa shape index (κ2) is 7.28. The Morgan fingerprint density at radius 3 is 2.62 bits per heavy atom. The van der Waals surface area contributed by atoms with E-state index in [4.69, 9.17) is 16.3 Å². The van der Waals surface area contributed by atoms with Gasteiger partial charge in [-0.25, -0.2) is 9.00 Å². The van der Waals surface area contributed by atoms with E-state index in [-0.39, 0.29) is 6.54 Å². The molecule has 0 saturated heterocycles. The van der Waals surface area contributed by atoms with Gasteiger partial charge in [-0.3, -0.25) is 4.79 Å². The van der Waals surface area contributed by atoms with Gasteiger partial charge >= 0.3 is 6.03 Å². The highest BCUT2D eigenvalue weighted by Gasteiger charge is 2.09. The smallest absolute Gasteiger partial charge is 0.319 e. The van der Waals surface area contributed by atoms with Gasteiger partial charge in [0, 0.05) is 27.3 Å². The van der Waals surface area contributed by atoms with Crippen LogP contribution in [0.4, 0.5) is 10.5 Å². The van der Waals surface area contributed by atoms with Crippen molar-refractivity contribution in [2.75, 3.05) is 31.5 Å².